The fraction of sp³-hybridized carbons (Fsp3) is 0.389. The number of nitrogens with zero attached hydrogens (tertiary/aromatic N) is 5. The van der Waals surface area contributed by atoms with Crippen LogP contribution in [0.15, 0.2) is 30.3 Å². The molecule has 2 aliphatic rings. The number of hydrogen-bond acceptors (Lipinski definition) is 6. The first-order valence-electron chi connectivity index (χ1n) is 8.53. The van der Waals surface area contributed by atoms with Gasteiger partial charge in [-0.15, -0.1) is 10.2 Å². The zero-order valence-electron chi connectivity index (χ0n) is 14.0. The Morgan fingerprint density at radius 1 is 1.12 bits per heavy atom. The molecule has 1 aromatic carbocycles. The van der Waals surface area contributed by atoms with Crippen LogP contribution < -0.4 is 0 Å². The van der Waals surface area contributed by atoms with Crippen LogP contribution in [-0.2, 0) is 16.1 Å². The van der Waals surface area contributed by atoms with Gasteiger partial charge in [-0.1, -0.05) is 41.7 Å². The molecule has 8 heteroatoms. The second-order valence-corrected chi connectivity index (χ2v) is 7.61. The molecule has 1 saturated heterocycles. The standard InChI is InChI=1S/C18H17N5O2S/c19-10-12-8-14(9-12)23-7-6-22(17(24)18(23)25)11-15-20-21-16(26-15)13-4-2-1-3-5-13/h1-5,12,14H,6-9,11H2. The van der Waals surface area contributed by atoms with Gasteiger partial charge in [0.2, 0.25) is 0 Å². The van der Waals surface area contributed by atoms with E-state index in [2.05, 4.69) is 16.3 Å². The SMILES string of the molecule is N#CC1CC(N2CCN(Cc3nnc(-c4ccccc4)s3)C(=O)C2=O)C1. The maximum atomic E-state index is 12.4. The molecule has 0 radical (unpaired) electrons. The number of amides is 2. The summed E-state index contributed by atoms with van der Waals surface area (Å²) in [6, 6.07) is 12.0. The van der Waals surface area contributed by atoms with Crippen LogP contribution in [0.1, 0.15) is 17.8 Å². The maximum absolute atomic E-state index is 12.4. The first kappa shape index (κ1) is 16.7. The van der Waals surface area contributed by atoms with Gasteiger partial charge in [0.1, 0.15) is 10.0 Å². The summed E-state index contributed by atoms with van der Waals surface area (Å²) in [5, 5.41) is 18.7. The van der Waals surface area contributed by atoms with Crippen molar-refractivity contribution in [1.29, 1.82) is 5.26 Å². The first-order chi connectivity index (χ1) is 12.7. The summed E-state index contributed by atoms with van der Waals surface area (Å²) in [7, 11) is 0. The van der Waals surface area contributed by atoms with Gasteiger partial charge >= 0.3 is 11.8 Å². The third-order valence-electron chi connectivity index (χ3n) is 4.89. The number of nitriles is 1. The van der Waals surface area contributed by atoms with Crippen molar-refractivity contribution in [2.24, 2.45) is 5.92 Å². The van der Waals surface area contributed by atoms with Crippen LogP contribution in [0.3, 0.4) is 0 Å². The molecule has 4 rings (SSSR count). The lowest BCUT2D eigenvalue weighted by atomic mass is 9.80. The van der Waals surface area contributed by atoms with E-state index in [4.69, 9.17) is 5.26 Å². The summed E-state index contributed by atoms with van der Waals surface area (Å²) in [5.74, 6) is -0.947. The number of aromatic nitrogens is 2. The number of hydrogen-bond donors (Lipinski definition) is 0. The molecular weight excluding hydrogens is 350 g/mol. The molecule has 0 N–H and O–H groups in total. The topological polar surface area (TPSA) is 90.2 Å². The maximum Gasteiger partial charge on any atom is 0.312 e. The van der Waals surface area contributed by atoms with Crippen LogP contribution in [0.2, 0.25) is 0 Å². The molecule has 2 fully saturated rings. The number of rotatable bonds is 4. The van der Waals surface area contributed by atoms with E-state index in [9.17, 15) is 9.59 Å². The summed E-state index contributed by atoms with van der Waals surface area (Å²) in [4.78, 5) is 28.0. The molecule has 0 unspecified atom stereocenters. The zero-order chi connectivity index (χ0) is 18.1. The minimum Gasteiger partial charge on any atom is -0.330 e. The second kappa shape index (κ2) is 6.84. The molecule has 1 aliphatic carbocycles. The van der Waals surface area contributed by atoms with Crippen LogP contribution in [-0.4, -0.2) is 50.9 Å². The summed E-state index contributed by atoms with van der Waals surface area (Å²) in [6.45, 7) is 1.30. The van der Waals surface area contributed by atoms with Gasteiger partial charge < -0.3 is 9.80 Å². The Hall–Kier alpha value is -2.79. The van der Waals surface area contributed by atoms with Gasteiger partial charge in [0.05, 0.1) is 18.5 Å². The summed E-state index contributed by atoms with van der Waals surface area (Å²) < 4.78 is 0. The van der Waals surface area contributed by atoms with E-state index in [1.807, 2.05) is 30.3 Å². The summed E-state index contributed by atoms with van der Waals surface area (Å²) in [5.41, 5.74) is 0.987. The van der Waals surface area contributed by atoms with Gasteiger partial charge in [0, 0.05) is 24.7 Å². The predicted molar refractivity (Wildman–Crippen MR) is 94.6 cm³/mol. The largest absolute Gasteiger partial charge is 0.330 e. The quantitative estimate of drug-likeness (QED) is 0.767. The van der Waals surface area contributed by atoms with Crippen LogP contribution >= 0.6 is 11.3 Å². The average molecular weight is 367 g/mol. The van der Waals surface area contributed by atoms with Crippen LogP contribution in [0.5, 0.6) is 0 Å². The lowest BCUT2D eigenvalue weighted by Crippen LogP contribution is -2.59. The Morgan fingerprint density at radius 2 is 1.88 bits per heavy atom. The third kappa shape index (κ3) is 3.06. The zero-order valence-corrected chi connectivity index (χ0v) is 14.9. The van der Waals surface area contributed by atoms with Crippen molar-refractivity contribution in [2.45, 2.75) is 25.4 Å². The molecule has 1 aliphatic heterocycles. The number of benzene rings is 1. The van der Waals surface area contributed by atoms with Crippen LogP contribution in [0.25, 0.3) is 10.6 Å². The van der Waals surface area contributed by atoms with Crippen molar-refractivity contribution in [3.05, 3.63) is 35.3 Å². The Kier molecular flexibility index (Phi) is 4.39. The van der Waals surface area contributed by atoms with Gasteiger partial charge in [-0.3, -0.25) is 9.59 Å². The van der Waals surface area contributed by atoms with E-state index in [1.54, 1.807) is 4.90 Å². The van der Waals surface area contributed by atoms with Gasteiger partial charge in [-0.05, 0) is 12.8 Å². The Labute approximate surface area is 154 Å². The van der Waals surface area contributed by atoms with Crippen molar-refractivity contribution in [3.63, 3.8) is 0 Å². The van der Waals surface area contributed by atoms with E-state index in [0.29, 0.717) is 37.5 Å². The van der Waals surface area contributed by atoms with E-state index < -0.39 is 11.8 Å². The Bertz CT molecular complexity index is 869. The highest BCUT2D eigenvalue weighted by atomic mass is 32.1. The third-order valence-corrected chi connectivity index (χ3v) is 5.85. The minimum absolute atomic E-state index is 0.0127. The monoisotopic (exact) mass is 367 g/mol. The van der Waals surface area contributed by atoms with Gasteiger partial charge in [0.25, 0.3) is 0 Å². The van der Waals surface area contributed by atoms with Crippen molar-refractivity contribution in [3.8, 4) is 16.6 Å². The number of piperazine rings is 1. The molecule has 2 aromatic rings. The number of carbonyl (C=O) groups is 2. The molecule has 1 aromatic heterocycles. The van der Waals surface area contributed by atoms with Gasteiger partial charge in [-0.2, -0.15) is 5.26 Å². The van der Waals surface area contributed by atoms with Crippen molar-refractivity contribution >= 4 is 23.2 Å². The summed E-state index contributed by atoms with van der Waals surface area (Å²) in [6.07, 6.45) is 1.35. The Balaban J connectivity index is 1.39. The highest BCUT2D eigenvalue weighted by molar-refractivity contribution is 7.14. The van der Waals surface area contributed by atoms with Crippen LogP contribution in [0, 0.1) is 17.2 Å². The van der Waals surface area contributed by atoms with E-state index in [-0.39, 0.29) is 12.0 Å². The van der Waals surface area contributed by atoms with E-state index in [1.165, 1.54) is 16.2 Å². The molecular formula is C18H17N5O2S. The first-order valence-corrected chi connectivity index (χ1v) is 9.34. The smallest absolute Gasteiger partial charge is 0.312 e. The van der Waals surface area contributed by atoms with Crippen molar-refractivity contribution < 1.29 is 9.59 Å². The van der Waals surface area contributed by atoms with E-state index >= 15 is 0 Å². The molecule has 1 saturated carbocycles. The molecule has 0 bridgehead atoms. The second-order valence-electron chi connectivity index (χ2n) is 6.54. The molecule has 132 valence electrons. The molecule has 0 spiro atoms. The Morgan fingerprint density at radius 3 is 2.62 bits per heavy atom. The van der Waals surface area contributed by atoms with Gasteiger partial charge in [0.15, 0.2) is 0 Å². The lowest BCUT2D eigenvalue weighted by molar-refractivity contribution is -0.159. The highest BCUT2D eigenvalue weighted by Crippen LogP contribution is 2.32. The molecule has 26 heavy (non-hydrogen) atoms. The van der Waals surface area contributed by atoms with Crippen LogP contribution in [0.4, 0.5) is 0 Å². The van der Waals surface area contributed by atoms with Crippen molar-refractivity contribution in [1.82, 2.24) is 20.0 Å². The number of carbonyl (C=O) groups excluding carboxylic acids is 2. The average Bonchev–Trinajstić information content (AvgIpc) is 3.09. The highest BCUT2D eigenvalue weighted by Gasteiger charge is 2.42. The van der Waals surface area contributed by atoms with Gasteiger partial charge in [-0.25, -0.2) is 0 Å². The molecule has 2 heterocycles. The fourth-order valence-electron chi connectivity index (χ4n) is 3.31. The normalized spacial score (nSPS) is 22.9. The fourth-order valence-corrected chi connectivity index (χ4v) is 4.18. The molecule has 0 atom stereocenters. The lowest BCUT2D eigenvalue weighted by Gasteiger charge is -2.43. The molecule has 2 amide bonds. The predicted octanol–water partition coefficient (Wildman–Crippen LogP) is 1.68. The van der Waals surface area contributed by atoms with E-state index in [0.717, 1.165) is 10.6 Å². The minimum atomic E-state index is -0.492. The van der Waals surface area contributed by atoms with Crippen molar-refractivity contribution in [2.75, 3.05) is 13.1 Å². The summed E-state index contributed by atoms with van der Waals surface area (Å²) >= 11 is 1.43. The molecule has 7 nitrogen and oxygen atoms in total.